The van der Waals surface area contributed by atoms with Gasteiger partial charge in [-0.15, -0.1) is 0 Å². The monoisotopic (exact) mass is 233 g/mol. The standard InChI is InChI=1S/C16H27N/c1-15(2,3)12-10-9-11-13(16(4,5)6)14(12)17(7)8/h9-11H,1-8H3. The average molecular weight is 233 g/mol. The van der Waals surface area contributed by atoms with Gasteiger partial charge in [0.1, 0.15) is 0 Å². The highest BCUT2D eigenvalue weighted by Gasteiger charge is 2.25. The average Bonchev–Trinajstić information content (AvgIpc) is 2.13. The smallest absolute Gasteiger partial charge is 0.0436 e. The predicted octanol–water partition coefficient (Wildman–Crippen LogP) is 4.35. The summed E-state index contributed by atoms with van der Waals surface area (Å²) in [6, 6.07) is 6.70. The molecule has 0 saturated heterocycles. The second-order valence-electron chi connectivity index (χ2n) is 7.10. The fourth-order valence-electron chi connectivity index (χ4n) is 2.24. The summed E-state index contributed by atoms with van der Waals surface area (Å²) in [6.45, 7) is 13.7. The van der Waals surface area contributed by atoms with Gasteiger partial charge in [0, 0.05) is 19.8 Å². The van der Waals surface area contributed by atoms with E-state index in [0.717, 1.165) is 0 Å². The third-order valence-corrected chi connectivity index (χ3v) is 3.10. The minimum Gasteiger partial charge on any atom is -0.377 e. The molecule has 0 aromatic heterocycles. The lowest BCUT2D eigenvalue weighted by atomic mass is 9.78. The maximum absolute atomic E-state index is 2.28. The SMILES string of the molecule is CN(C)c1c(C(C)(C)C)cccc1C(C)(C)C. The van der Waals surface area contributed by atoms with Crippen LogP contribution in [0.2, 0.25) is 0 Å². The van der Waals surface area contributed by atoms with Crippen molar-refractivity contribution in [2.24, 2.45) is 0 Å². The van der Waals surface area contributed by atoms with E-state index in [4.69, 9.17) is 0 Å². The van der Waals surface area contributed by atoms with Gasteiger partial charge < -0.3 is 4.90 Å². The number of anilines is 1. The van der Waals surface area contributed by atoms with E-state index in [1.54, 1.807) is 0 Å². The van der Waals surface area contributed by atoms with Crippen molar-refractivity contribution in [2.45, 2.75) is 52.4 Å². The summed E-state index contributed by atoms with van der Waals surface area (Å²) in [5, 5.41) is 0. The Kier molecular flexibility index (Phi) is 3.61. The molecule has 0 aliphatic rings. The second kappa shape index (κ2) is 4.36. The van der Waals surface area contributed by atoms with Crippen molar-refractivity contribution < 1.29 is 0 Å². The minimum atomic E-state index is 0.181. The molecule has 1 rings (SSSR count). The zero-order valence-electron chi connectivity index (χ0n) is 12.7. The van der Waals surface area contributed by atoms with Gasteiger partial charge in [0.15, 0.2) is 0 Å². The van der Waals surface area contributed by atoms with E-state index in [1.165, 1.54) is 16.8 Å². The van der Waals surface area contributed by atoms with Crippen LogP contribution in [0.4, 0.5) is 5.69 Å². The molecule has 96 valence electrons. The van der Waals surface area contributed by atoms with E-state index in [-0.39, 0.29) is 10.8 Å². The maximum atomic E-state index is 2.28. The first kappa shape index (κ1) is 14.1. The van der Waals surface area contributed by atoms with Crippen LogP contribution in [-0.4, -0.2) is 14.1 Å². The van der Waals surface area contributed by atoms with E-state index in [9.17, 15) is 0 Å². The summed E-state index contributed by atoms with van der Waals surface area (Å²) in [4.78, 5) is 2.25. The summed E-state index contributed by atoms with van der Waals surface area (Å²) in [5.41, 5.74) is 4.60. The molecule has 0 unspecified atom stereocenters. The topological polar surface area (TPSA) is 3.24 Å². The van der Waals surface area contributed by atoms with Crippen LogP contribution < -0.4 is 4.90 Å². The van der Waals surface area contributed by atoms with Crippen molar-refractivity contribution in [3.8, 4) is 0 Å². The lowest BCUT2D eigenvalue weighted by Gasteiger charge is -2.33. The molecule has 0 spiro atoms. The van der Waals surface area contributed by atoms with Crippen LogP contribution in [0.5, 0.6) is 0 Å². The van der Waals surface area contributed by atoms with Crippen LogP contribution in [0, 0.1) is 0 Å². The molecule has 0 aliphatic carbocycles. The van der Waals surface area contributed by atoms with Gasteiger partial charge in [-0.1, -0.05) is 59.7 Å². The van der Waals surface area contributed by atoms with Crippen LogP contribution in [0.1, 0.15) is 52.7 Å². The first-order valence-corrected chi connectivity index (χ1v) is 6.36. The quantitative estimate of drug-likeness (QED) is 0.697. The summed E-state index contributed by atoms with van der Waals surface area (Å²) < 4.78 is 0. The van der Waals surface area contributed by atoms with Crippen LogP contribution in [0.3, 0.4) is 0 Å². The fourth-order valence-corrected chi connectivity index (χ4v) is 2.24. The van der Waals surface area contributed by atoms with Crippen LogP contribution in [0.15, 0.2) is 18.2 Å². The Morgan fingerprint density at radius 1 is 0.765 bits per heavy atom. The van der Waals surface area contributed by atoms with Crippen molar-refractivity contribution in [3.63, 3.8) is 0 Å². The Balaban J connectivity index is 3.55. The summed E-state index contributed by atoms with van der Waals surface area (Å²) in [7, 11) is 4.28. The summed E-state index contributed by atoms with van der Waals surface area (Å²) >= 11 is 0. The third kappa shape index (κ3) is 3.02. The molecule has 1 nitrogen and oxygen atoms in total. The Hall–Kier alpha value is -0.980. The van der Waals surface area contributed by atoms with E-state index >= 15 is 0 Å². The lowest BCUT2D eigenvalue weighted by Crippen LogP contribution is -2.24. The minimum absolute atomic E-state index is 0.181. The largest absolute Gasteiger partial charge is 0.377 e. The third-order valence-electron chi connectivity index (χ3n) is 3.10. The molecule has 17 heavy (non-hydrogen) atoms. The molecule has 0 aliphatic heterocycles. The Morgan fingerprint density at radius 3 is 1.35 bits per heavy atom. The molecule has 0 fully saturated rings. The molecule has 0 amide bonds. The number of rotatable bonds is 1. The summed E-state index contributed by atoms with van der Waals surface area (Å²) in [5.74, 6) is 0. The van der Waals surface area contributed by atoms with Crippen molar-refractivity contribution in [1.29, 1.82) is 0 Å². The highest BCUT2D eigenvalue weighted by molar-refractivity contribution is 5.63. The molecule has 0 heterocycles. The molecular weight excluding hydrogens is 206 g/mol. The van der Waals surface area contributed by atoms with Gasteiger partial charge in [-0.3, -0.25) is 0 Å². The molecule has 0 saturated carbocycles. The maximum Gasteiger partial charge on any atom is 0.0436 e. The zero-order chi connectivity index (χ0) is 13.4. The number of para-hydroxylation sites is 1. The highest BCUT2D eigenvalue weighted by atomic mass is 15.1. The van der Waals surface area contributed by atoms with Gasteiger partial charge in [-0.05, 0) is 22.0 Å². The van der Waals surface area contributed by atoms with Crippen LogP contribution in [-0.2, 0) is 10.8 Å². The van der Waals surface area contributed by atoms with E-state index in [2.05, 4.69) is 78.7 Å². The van der Waals surface area contributed by atoms with Crippen molar-refractivity contribution in [1.82, 2.24) is 0 Å². The predicted molar refractivity (Wildman–Crippen MR) is 78.2 cm³/mol. The van der Waals surface area contributed by atoms with Crippen LogP contribution in [0.25, 0.3) is 0 Å². The number of hydrogen-bond donors (Lipinski definition) is 0. The molecule has 0 radical (unpaired) electrons. The molecule has 1 heteroatoms. The number of nitrogens with zero attached hydrogens (tertiary/aromatic N) is 1. The van der Waals surface area contributed by atoms with Crippen LogP contribution >= 0.6 is 0 Å². The zero-order valence-corrected chi connectivity index (χ0v) is 12.7. The normalized spacial score (nSPS) is 12.7. The molecular formula is C16H27N. The van der Waals surface area contributed by atoms with Gasteiger partial charge in [0.2, 0.25) is 0 Å². The molecule has 0 N–H and O–H groups in total. The Labute approximate surface area is 107 Å². The summed E-state index contributed by atoms with van der Waals surface area (Å²) in [6.07, 6.45) is 0. The van der Waals surface area contributed by atoms with Gasteiger partial charge in [-0.2, -0.15) is 0 Å². The van der Waals surface area contributed by atoms with Gasteiger partial charge in [-0.25, -0.2) is 0 Å². The first-order chi connectivity index (χ1) is 7.55. The first-order valence-electron chi connectivity index (χ1n) is 6.36. The highest BCUT2D eigenvalue weighted by Crippen LogP contribution is 2.38. The lowest BCUT2D eigenvalue weighted by molar-refractivity contribution is 0.568. The molecule has 0 atom stereocenters. The van der Waals surface area contributed by atoms with Gasteiger partial charge in [0.05, 0.1) is 0 Å². The van der Waals surface area contributed by atoms with E-state index < -0.39 is 0 Å². The van der Waals surface area contributed by atoms with E-state index in [0.29, 0.717) is 0 Å². The Bertz CT molecular complexity index is 357. The molecule has 1 aromatic carbocycles. The fraction of sp³-hybridized carbons (Fsp3) is 0.625. The molecule has 1 aromatic rings. The van der Waals surface area contributed by atoms with Crippen molar-refractivity contribution in [2.75, 3.05) is 19.0 Å². The second-order valence-corrected chi connectivity index (χ2v) is 7.10. The number of hydrogen-bond acceptors (Lipinski definition) is 1. The van der Waals surface area contributed by atoms with Crippen molar-refractivity contribution >= 4 is 5.69 Å². The van der Waals surface area contributed by atoms with E-state index in [1.807, 2.05) is 0 Å². The van der Waals surface area contributed by atoms with Gasteiger partial charge >= 0.3 is 0 Å². The Morgan fingerprint density at radius 2 is 1.12 bits per heavy atom. The molecule has 0 bridgehead atoms. The van der Waals surface area contributed by atoms with Gasteiger partial charge in [0.25, 0.3) is 0 Å². The number of benzene rings is 1. The van der Waals surface area contributed by atoms with Crippen molar-refractivity contribution in [3.05, 3.63) is 29.3 Å².